The lowest BCUT2D eigenvalue weighted by molar-refractivity contribution is -0.401. The first kappa shape index (κ1) is 38.5. The van der Waals surface area contributed by atoms with Crippen LogP contribution < -0.4 is 21.1 Å². The number of hydrogen-bond acceptors (Lipinski definition) is 5. The summed E-state index contributed by atoms with van der Waals surface area (Å²) in [7, 11) is 2.17. The van der Waals surface area contributed by atoms with Gasteiger partial charge >= 0.3 is 6.18 Å². The second-order valence-electron chi connectivity index (χ2n) is 13.4. The van der Waals surface area contributed by atoms with E-state index < -0.39 is 12.1 Å². The maximum atomic E-state index is 12.3. The van der Waals surface area contributed by atoms with E-state index in [-0.39, 0.29) is 16.7 Å². The summed E-state index contributed by atoms with van der Waals surface area (Å²) >= 11 is 0. The average Bonchev–Trinajstić information content (AvgIpc) is 3.37. The van der Waals surface area contributed by atoms with Gasteiger partial charge in [0.1, 0.15) is 13.0 Å². The highest BCUT2D eigenvalue weighted by atomic mass is 19.4. The van der Waals surface area contributed by atoms with Crippen LogP contribution in [0.1, 0.15) is 90.2 Å². The molecular weight excluding hydrogens is 617 g/mol. The lowest BCUT2D eigenvalue weighted by Crippen LogP contribution is -2.37. The van der Waals surface area contributed by atoms with Crippen LogP contribution in [0.15, 0.2) is 72.5 Å². The van der Waals surface area contributed by atoms with E-state index in [2.05, 4.69) is 116 Å². The summed E-state index contributed by atoms with van der Waals surface area (Å²) in [4.78, 5) is 23.5. The summed E-state index contributed by atoms with van der Waals surface area (Å²) < 4.78 is 33.9. The molecule has 0 aromatic heterocycles. The summed E-state index contributed by atoms with van der Waals surface area (Å²) in [6.07, 6.45) is 9.70. The summed E-state index contributed by atoms with van der Waals surface area (Å²) in [5.74, 6) is -2.82. The molecule has 2 aliphatic rings. The number of benzene rings is 2. The zero-order valence-electron chi connectivity index (χ0n) is 29.0. The highest BCUT2D eigenvalue weighted by Crippen LogP contribution is 2.47. The van der Waals surface area contributed by atoms with E-state index >= 15 is 0 Å². The molecule has 10 heteroatoms. The highest BCUT2D eigenvalue weighted by Gasteiger charge is 2.43. The fourth-order valence-corrected chi connectivity index (χ4v) is 6.59. The lowest BCUT2D eigenvalue weighted by Gasteiger charge is -2.27. The van der Waals surface area contributed by atoms with Crippen LogP contribution in [0, 0.1) is 0 Å². The quantitative estimate of drug-likeness (QED) is 0.179. The molecule has 0 fully saturated rings. The molecule has 0 saturated heterocycles. The van der Waals surface area contributed by atoms with Crippen molar-refractivity contribution in [2.75, 3.05) is 31.6 Å². The number of hydrogen-bond donors (Lipinski definition) is 2. The summed E-state index contributed by atoms with van der Waals surface area (Å²) in [6.45, 7) is 11.8. The smallest absolute Gasteiger partial charge is 0.430 e. The van der Waals surface area contributed by atoms with E-state index in [9.17, 15) is 18.0 Å². The summed E-state index contributed by atoms with van der Waals surface area (Å²) in [6, 6.07) is 17.5. The lowest BCUT2D eigenvalue weighted by atomic mass is 9.81. The van der Waals surface area contributed by atoms with Gasteiger partial charge in [-0.2, -0.15) is 17.7 Å². The molecule has 3 N–H and O–H groups in total. The van der Waals surface area contributed by atoms with Gasteiger partial charge in [0.05, 0.1) is 5.41 Å². The Kier molecular flexibility index (Phi) is 13.6. The molecule has 0 aliphatic carbocycles. The standard InChI is InChI=1S/C36H50N4O.C2HF3O2/c1-35(2)28-18-10-12-20-30(28)39(5)32(35)22-17-23-33-36(3,4)29-19-11-13-21-31(29)40(33)27-16-8-9-24-34(41)38-26-15-7-6-14-25-37;3-2(4,5)1(6)7/h10-13,17-23H,6-9,14-16,24-27,37H2,1-5H3;(H,6,7). The second kappa shape index (κ2) is 17.0. The molecular formula is C38H51F3N4O3. The molecule has 0 bridgehead atoms. The largest absolute Gasteiger partial charge is 0.542 e. The molecule has 0 atom stereocenters. The number of amides is 1. The number of unbranched alkanes of at least 4 members (excludes halogenated alkanes) is 5. The minimum absolute atomic E-state index is 0.0367. The molecule has 2 aromatic rings. The van der Waals surface area contributed by atoms with Crippen LogP contribution in [0.25, 0.3) is 0 Å². The first-order valence-corrected chi connectivity index (χ1v) is 16.9. The minimum atomic E-state index is -5.19. The maximum Gasteiger partial charge on any atom is 0.430 e. The van der Waals surface area contributed by atoms with E-state index in [0.29, 0.717) is 6.42 Å². The van der Waals surface area contributed by atoms with E-state index in [1.807, 2.05) is 0 Å². The van der Waals surface area contributed by atoms with Crippen molar-refractivity contribution < 1.29 is 32.4 Å². The normalized spacial score (nSPS) is 16.9. The zero-order valence-corrected chi connectivity index (χ0v) is 29.0. The number of rotatable bonds is 14. The molecule has 4 rings (SSSR count). The van der Waals surface area contributed by atoms with Crippen molar-refractivity contribution in [2.45, 2.75) is 96.1 Å². The van der Waals surface area contributed by atoms with E-state index in [1.165, 1.54) is 33.9 Å². The van der Waals surface area contributed by atoms with Gasteiger partial charge in [0, 0.05) is 54.0 Å². The second-order valence-corrected chi connectivity index (χ2v) is 13.4. The van der Waals surface area contributed by atoms with Crippen molar-refractivity contribution in [3.63, 3.8) is 0 Å². The number of fused-ring (bicyclic) bond motifs is 2. The zero-order chi connectivity index (χ0) is 35.5. The first-order chi connectivity index (χ1) is 22.6. The van der Waals surface area contributed by atoms with Crippen LogP contribution in [0.5, 0.6) is 0 Å². The van der Waals surface area contributed by atoms with Gasteiger partial charge in [-0.1, -0.05) is 75.6 Å². The molecule has 2 aliphatic heterocycles. The first-order valence-electron chi connectivity index (χ1n) is 16.9. The van der Waals surface area contributed by atoms with Gasteiger partial charge in [-0.05, 0) is 63.8 Å². The minimum Gasteiger partial charge on any atom is -0.542 e. The van der Waals surface area contributed by atoms with Crippen LogP contribution in [-0.4, -0.2) is 55.0 Å². The van der Waals surface area contributed by atoms with Gasteiger partial charge in [0.15, 0.2) is 5.71 Å². The van der Waals surface area contributed by atoms with Crippen LogP contribution in [0.2, 0.25) is 0 Å². The van der Waals surface area contributed by atoms with E-state index in [1.54, 1.807) is 0 Å². The molecule has 2 aromatic carbocycles. The SMILES string of the molecule is C[N+]1=C(/C=C/C=C2\N(CCCCCC(=O)NCCCCCCN)c3ccccc3C2(C)C)C(C)(C)c2ccccc21.O=C([O-])C(F)(F)F. The number of aliphatic carboxylic acids is 1. The number of carbonyl (C=O) groups is 2. The van der Waals surface area contributed by atoms with Crippen molar-refractivity contribution in [1.82, 2.24) is 5.32 Å². The van der Waals surface area contributed by atoms with Crippen LogP contribution >= 0.6 is 0 Å². The van der Waals surface area contributed by atoms with E-state index in [0.717, 1.165) is 64.6 Å². The maximum absolute atomic E-state index is 12.3. The van der Waals surface area contributed by atoms with Crippen molar-refractivity contribution >= 4 is 29.0 Å². The predicted octanol–water partition coefficient (Wildman–Crippen LogP) is 6.42. The van der Waals surface area contributed by atoms with Crippen molar-refractivity contribution in [3.8, 4) is 0 Å². The highest BCUT2D eigenvalue weighted by molar-refractivity contribution is 6.03. The van der Waals surface area contributed by atoms with Gasteiger partial charge in [0.25, 0.3) is 0 Å². The molecule has 0 unspecified atom stereocenters. The van der Waals surface area contributed by atoms with Gasteiger partial charge in [-0.3, -0.25) is 4.79 Å². The number of alkyl halides is 3. The number of carboxylic acid groups (broad SMARTS) is 1. The van der Waals surface area contributed by atoms with Gasteiger partial charge < -0.3 is 25.9 Å². The van der Waals surface area contributed by atoms with Gasteiger partial charge in [-0.25, -0.2) is 0 Å². The van der Waals surface area contributed by atoms with Crippen molar-refractivity contribution in [2.24, 2.45) is 5.73 Å². The number of carboxylic acids is 1. The van der Waals surface area contributed by atoms with Crippen LogP contribution in [-0.2, 0) is 20.4 Å². The Hall–Kier alpha value is -3.92. The van der Waals surface area contributed by atoms with Crippen LogP contribution in [0.4, 0.5) is 24.5 Å². The predicted molar refractivity (Wildman–Crippen MR) is 184 cm³/mol. The average molecular weight is 669 g/mol. The Morgan fingerprint density at radius 2 is 1.50 bits per heavy atom. The van der Waals surface area contributed by atoms with Gasteiger partial charge in [-0.15, -0.1) is 0 Å². The number of carbonyl (C=O) groups excluding carboxylic acids is 2. The Morgan fingerprint density at radius 1 is 0.896 bits per heavy atom. The summed E-state index contributed by atoms with van der Waals surface area (Å²) in [5, 5.41) is 11.9. The Bertz CT molecular complexity index is 1510. The molecule has 1 amide bonds. The molecule has 262 valence electrons. The third-order valence-electron chi connectivity index (χ3n) is 9.22. The topological polar surface area (TPSA) is 102 Å². The molecule has 0 radical (unpaired) electrons. The third kappa shape index (κ3) is 9.58. The molecule has 7 nitrogen and oxygen atoms in total. The number of nitrogens with one attached hydrogen (secondary N) is 1. The monoisotopic (exact) mass is 668 g/mol. The van der Waals surface area contributed by atoms with Crippen molar-refractivity contribution in [3.05, 3.63) is 83.6 Å². The number of nitrogens with zero attached hydrogens (tertiary/aromatic N) is 2. The van der Waals surface area contributed by atoms with E-state index in [4.69, 9.17) is 15.6 Å². The molecule has 0 spiro atoms. The number of para-hydroxylation sites is 2. The molecule has 0 saturated carbocycles. The van der Waals surface area contributed by atoms with Crippen molar-refractivity contribution in [1.29, 1.82) is 0 Å². The Balaban J connectivity index is 0.000000804. The molecule has 2 heterocycles. The number of halogens is 3. The fraction of sp³-hybridized carbons (Fsp3) is 0.500. The number of anilines is 1. The Labute approximate surface area is 283 Å². The third-order valence-corrected chi connectivity index (χ3v) is 9.22. The number of allylic oxidation sites excluding steroid dienone is 4. The number of nitrogens with two attached hydrogens (primary N) is 1. The molecule has 48 heavy (non-hydrogen) atoms. The summed E-state index contributed by atoms with van der Waals surface area (Å²) in [5.41, 5.74) is 13.4. The fourth-order valence-electron chi connectivity index (χ4n) is 6.59. The van der Waals surface area contributed by atoms with Crippen LogP contribution in [0.3, 0.4) is 0 Å². The van der Waals surface area contributed by atoms with Gasteiger partial charge in [0.2, 0.25) is 11.6 Å². The Morgan fingerprint density at radius 3 is 2.15 bits per heavy atom.